The lowest BCUT2D eigenvalue weighted by molar-refractivity contribution is -0.143. The topological polar surface area (TPSA) is 113 Å². The van der Waals surface area contributed by atoms with Crippen LogP contribution in [0, 0.1) is 0 Å². The Kier molecular flexibility index (Phi) is 5.73. The first kappa shape index (κ1) is 19.2. The van der Waals surface area contributed by atoms with E-state index in [1.54, 1.807) is 43.3 Å². The van der Waals surface area contributed by atoms with Gasteiger partial charge in [-0.15, -0.1) is 0 Å². The van der Waals surface area contributed by atoms with Crippen LogP contribution in [-0.4, -0.2) is 34.2 Å². The lowest BCUT2D eigenvalue weighted by Crippen LogP contribution is -2.43. The highest BCUT2D eigenvalue weighted by molar-refractivity contribution is 5.84. The van der Waals surface area contributed by atoms with Crippen LogP contribution in [0.4, 0.5) is 0 Å². The van der Waals surface area contributed by atoms with Crippen LogP contribution in [0.5, 0.6) is 0 Å². The maximum absolute atomic E-state index is 12.9. The van der Waals surface area contributed by atoms with Crippen molar-refractivity contribution in [2.75, 3.05) is 13.2 Å². The molecule has 0 atom stereocenters. The molecule has 0 aliphatic carbocycles. The number of fused-ring (bicyclic) bond motifs is 1. The van der Waals surface area contributed by atoms with Crippen molar-refractivity contribution in [1.82, 2.24) is 14.5 Å². The Balaban J connectivity index is 1.96. The van der Waals surface area contributed by atoms with Gasteiger partial charge in [0, 0.05) is 0 Å². The van der Waals surface area contributed by atoms with Crippen molar-refractivity contribution in [3.63, 3.8) is 0 Å². The average Bonchev–Trinajstić information content (AvgIpc) is 3.20. The molecule has 3 aromatic rings. The summed E-state index contributed by atoms with van der Waals surface area (Å²) in [5.74, 6) is -0.688. The minimum atomic E-state index is -0.647. The summed E-state index contributed by atoms with van der Waals surface area (Å²) in [7, 11) is 0. The Labute approximate surface area is 159 Å². The van der Waals surface area contributed by atoms with Crippen molar-refractivity contribution in [2.45, 2.75) is 20.0 Å². The van der Waals surface area contributed by atoms with E-state index in [1.165, 1.54) is 10.8 Å². The number of esters is 1. The summed E-state index contributed by atoms with van der Waals surface area (Å²) in [6.45, 7) is 1.16. The number of hydrogen-bond acceptors (Lipinski definition) is 6. The molecule has 1 amide bonds. The number of hydrogen-bond donors (Lipinski definition) is 1. The Bertz CT molecular complexity index is 1110. The van der Waals surface area contributed by atoms with Crippen molar-refractivity contribution in [2.24, 2.45) is 0 Å². The molecule has 9 nitrogen and oxygen atoms in total. The van der Waals surface area contributed by atoms with Crippen molar-refractivity contribution in [3.05, 3.63) is 69.3 Å². The molecule has 2 heterocycles. The van der Waals surface area contributed by atoms with E-state index in [1.807, 2.05) is 0 Å². The second-order valence-electron chi connectivity index (χ2n) is 5.94. The summed E-state index contributed by atoms with van der Waals surface area (Å²) >= 11 is 0. The summed E-state index contributed by atoms with van der Waals surface area (Å²) in [5, 5.41) is 2.71. The Morgan fingerprint density at radius 3 is 2.61 bits per heavy atom. The third kappa shape index (κ3) is 4.03. The zero-order valence-corrected chi connectivity index (χ0v) is 15.2. The van der Waals surface area contributed by atoms with Crippen LogP contribution in [0.3, 0.4) is 0 Å². The van der Waals surface area contributed by atoms with Crippen LogP contribution in [0.2, 0.25) is 0 Å². The highest BCUT2D eigenvalue weighted by atomic mass is 16.5. The van der Waals surface area contributed by atoms with Gasteiger partial charge in [-0.05, 0) is 31.2 Å². The van der Waals surface area contributed by atoms with Crippen LogP contribution < -0.4 is 16.6 Å². The number of aromatic nitrogens is 2. The third-order valence-electron chi connectivity index (χ3n) is 4.06. The van der Waals surface area contributed by atoms with Gasteiger partial charge in [-0.2, -0.15) is 0 Å². The van der Waals surface area contributed by atoms with Crippen molar-refractivity contribution in [1.29, 1.82) is 0 Å². The Morgan fingerprint density at radius 2 is 1.89 bits per heavy atom. The van der Waals surface area contributed by atoms with Gasteiger partial charge in [0.15, 0.2) is 0 Å². The molecule has 0 bridgehead atoms. The molecular weight excluding hydrogens is 366 g/mol. The van der Waals surface area contributed by atoms with Gasteiger partial charge < -0.3 is 14.5 Å². The molecule has 146 valence electrons. The second kappa shape index (κ2) is 8.38. The molecule has 0 aliphatic heterocycles. The molecule has 28 heavy (non-hydrogen) atoms. The lowest BCUT2D eigenvalue weighted by Gasteiger charge is -2.13. The van der Waals surface area contributed by atoms with Gasteiger partial charge in [0.1, 0.15) is 18.8 Å². The molecular formula is C19H19N3O6. The van der Waals surface area contributed by atoms with Gasteiger partial charge >= 0.3 is 11.7 Å². The highest BCUT2D eigenvalue weighted by Crippen LogP contribution is 2.08. The Morgan fingerprint density at radius 1 is 1.11 bits per heavy atom. The average molecular weight is 385 g/mol. The molecule has 1 N–H and O–H groups in total. The van der Waals surface area contributed by atoms with E-state index < -0.39 is 23.1 Å². The predicted molar refractivity (Wildman–Crippen MR) is 99.9 cm³/mol. The number of carbonyl (C=O) groups excluding carboxylic acids is 2. The predicted octanol–water partition coefficient (Wildman–Crippen LogP) is 0.484. The molecule has 0 radical (unpaired) electrons. The van der Waals surface area contributed by atoms with E-state index in [0.717, 1.165) is 4.57 Å². The SMILES string of the molecule is CCOC(=O)CNC(=O)Cn1c(=O)n(Cc2ccco2)c(=O)c2ccccc21. The number of nitrogens with one attached hydrogen (secondary N) is 1. The number of furan rings is 1. The van der Waals surface area contributed by atoms with Crippen LogP contribution in [0.25, 0.3) is 10.9 Å². The minimum absolute atomic E-state index is 0.0556. The van der Waals surface area contributed by atoms with E-state index >= 15 is 0 Å². The van der Waals surface area contributed by atoms with Gasteiger partial charge in [0.25, 0.3) is 5.56 Å². The van der Waals surface area contributed by atoms with Crippen LogP contribution in [-0.2, 0) is 27.4 Å². The Hall–Kier alpha value is -3.62. The first-order valence-corrected chi connectivity index (χ1v) is 8.68. The number of benzene rings is 1. The van der Waals surface area contributed by atoms with Crippen LogP contribution in [0.1, 0.15) is 12.7 Å². The fraction of sp³-hybridized carbons (Fsp3) is 0.263. The number of nitrogens with zero attached hydrogens (tertiary/aromatic N) is 2. The first-order chi connectivity index (χ1) is 13.5. The molecule has 0 fully saturated rings. The van der Waals surface area contributed by atoms with Crippen LogP contribution >= 0.6 is 0 Å². The van der Waals surface area contributed by atoms with Gasteiger partial charge in [-0.25, -0.2) is 4.79 Å². The van der Waals surface area contributed by atoms with Crippen molar-refractivity contribution >= 4 is 22.8 Å². The lowest BCUT2D eigenvalue weighted by atomic mass is 10.2. The minimum Gasteiger partial charge on any atom is -0.467 e. The van der Waals surface area contributed by atoms with Gasteiger partial charge in [0.2, 0.25) is 5.91 Å². The van der Waals surface area contributed by atoms with E-state index in [9.17, 15) is 19.2 Å². The molecule has 0 aliphatic rings. The number of para-hydroxylation sites is 1. The van der Waals surface area contributed by atoms with E-state index in [-0.39, 0.29) is 26.2 Å². The second-order valence-corrected chi connectivity index (χ2v) is 5.94. The number of amides is 1. The normalized spacial score (nSPS) is 10.8. The summed E-state index contributed by atoms with van der Waals surface area (Å²) in [6.07, 6.45) is 1.45. The molecule has 0 saturated heterocycles. The van der Waals surface area contributed by atoms with Gasteiger partial charge in [0.05, 0.1) is 30.3 Å². The van der Waals surface area contributed by atoms with Gasteiger partial charge in [-0.1, -0.05) is 12.1 Å². The third-order valence-corrected chi connectivity index (χ3v) is 4.06. The molecule has 0 spiro atoms. The fourth-order valence-corrected chi connectivity index (χ4v) is 2.80. The highest BCUT2D eigenvalue weighted by Gasteiger charge is 2.16. The summed E-state index contributed by atoms with van der Waals surface area (Å²) in [5.41, 5.74) is -0.786. The smallest absolute Gasteiger partial charge is 0.332 e. The molecule has 2 aromatic heterocycles. The van der Waals surface area contributed by atoms with Crippen LogP contribution in [0.15, 0.2) is 56.7 Å². The number of rotatable bonds is 7. The quantitative estimate of drug-likeness (QED) is 0.592. The summed E-state index contributed by atoms with van der Waals surface area (Å²) in [4.78, 5) is 49.3. The maximum Gasteiger partial charge on any atom is 0.332 e. The maximum atomic E-state index is 12.9. The molecule has 1 aromatic carbocycles. The molecule has 9 heteroatoms. The summed E-state index contributed by atoms with van der Waals surface area (Å²) < 4.78 is 12.2. The molecule has 0 unspecified atom stereocenters. The largest absolute Gasteiger partial charge is 0.467 e. The van der Waals surface area contributed by atoms with Crippen molar-refractivity contribution in [3.8, 4) is 0 Å². The fourth-order valence-electron chi connectivity index (χ4n) is 2.80. The monoisotopic (exact) mass is 385 g/mol. The number of carbonyl (C=O) groups is 2. The molecule has 0 saturated carbocycles. The van der Waals surface area contributed by atoms with E-state index in [4.69, 9.17) is 9.15 Å². The standard InChI is InChI=1S/C19H19N3O6/c1-2-27-17(24)10-20-16(23)12-21-15-8-4-3-7-14(15)18(25)22(19(21)26)11-13-6-5-9-28-13/h3-9H,2,10-12H2,1H3,(H,20,23). The molecule has 3 rings (SSSR count). The van der Waals surface area contributed by atoms with E-state index in [0.29, 0.717) is 16.7 Å². The summed E-state index contributed by atoms with van der Waals surface area (Å²) in [6, 6.07) is 9.83. The first-order valence-electron chi connectivity index (χ1n) is 8.68. The zero-order valence-electron chi connectivity index (χ0n) is 15.2. The van der Waals surface area contributed by atoms with Crippen molar-refractivity contribution < 1.29 is 18.7 Å². The van der Waals surface area contributed by atoms with E-state index in [2.05, 4.69) is 5.32 Å². The number of ether oxygens (including phenoxy) is 1. The van der Waals surface area contributed by atoms with Gasteiger partial charge in [-0.3, -0.25) is 23.5 Å². The zero-order chi connectivity index (χ0) is 20.1.